The molecule has 1 aromatic carbocycles. The van der Waals surface area contributed by atoms with Gasteiger partial charge in [0.25, 0.3) is 11.8 Å². The Hall–Kier alpha value is -3.04. The van der Waals surface area contributed by atoms with Crippen molar-refractivity contribution >= 4 is 11.8 Å². The summed E-state index contributed by atoms with van der Waals surface area (Å²) in [5, 5.41) is 9.96. The van der Waals surface area contributed by atoms with Gasteiger partial charge in [-0.3, -0.25) is 9.59 Å². The first-order valence-corrected chi connectivity index (χ1v) is 9.24. The van der Waals surface area contributed by atoms with Gasteiger partial charge in [0.15, 0.2) is 5.69 Å². The molecule has 1 aromatic heterocycles. The number of carbonyl (C=O) groups is 2. The molecule has 2 amide bonds. The van der Waals surface area contributed by atoms with Gasteiger partial charge in [0.1, 0.15) is 5.75 Å². The summed E-state index contributed by atoms with van der Waals surface area (Å²) in [7, 11) is 3.03. The van der Waals surface area contributed by atoms with E-state index in [-0.39, 0.29) is 24.6 Å². The molecule has 1 atom stereocenters. The molecule has 3 rings (SSSR count). The van der Waals surface area contributed by atoms with E-state index in [1.165, 1.54) is 22.8 Å². The van der Waals surface area contributed by atoms with E-state index in [1.807, 2.05) is 12.1 Å². The summed E-state index contributed by atoms with van der Waals surface area (Å²) in [4.78, 5) is 25.4. The molecule has 10 heteroatoms. The number of ether oxygens (including phenoxy) is 1. The number of hydrogen-bond donors (Lipinski definition) is 1. The minimum atomic E-state index is -2.95. The van der Waals surface area contributed by atoms with E-state index in [4.69, 9.17) is 4.74 Å². The molecule has 1 aliphatic heterocycles. The molecule has 0 aliphatic carbocycles. The Labute approximate surface area is 166 Å². The molecule has 0 radical (unpaired) electrons. The summed E-state index contributed by atoms with van der Waals surface area (Å²) >= 11 is 0. The number of amides is 2. The first-order valence-electron chi connectivity index (χ1n) is 9.24. The first kappa shape index (κ1) is 20.7. The smallest absolute Gasteiger partial charge is 0.273 e. The number of alkyl halides is 2. The average Bonchev–Trinajstić information content (AvgIpc) is 3.29. The fourth-order valence-electron chi connectivity index (χ4n) is 3.38. The number of rotatable bonds is 7. The van der Waals surface area contributed by atoms with E-state index >= 15 is 0 Å². The van der Waals surface area contributed by atoms with E-state index in [9.17, 15) is 18.4 Å². The third kappa shape index (κ3) is 5.07. The fraction of sp³-hybridized carbons (Fsp3) is 0.474. The van der Waals surface area contributed by atoms with Crippen molar-refractivity contribution < 1.29 is 23.1 Å². The zero-order chi connectivity index (χ0) is 21.0. The molecule has 8 nitrogen and oxygen atoms in total. The van der Waals surface area contributed by atoms with Crippen LogP contribution >= 0.6 is 0 Å². The van der Waals surface area contributed by atoms with E-state index < -0.39 is 30.8 Å². The first-order chi connectivity index (χ1) is 13.8. The maximum atomic E-state index is 14.0. The number of nitrogens with one attached hydrogen (secondary N) is 1. The molecule has 1 saturated heterocycles. The number of nitrogens with zero attached hydrogens (tertiary/aromatic N) is 4. The Morgan fingerprint density at radius 3 is 2.69 bits per heavy atom. The topological polar surface area (TPSA) is 89.4 Å². The van der Waals surface area contributed by atoms with E-state index in [0.29, 0.717) is 12.2 Å². The van der Waals surface area contributed by atoms with Crippen LogP contribution in [0.2, 0.25) is 0 Å². The minimum absolute atomic E-state index is 0.0495. The molecule has 29 heavy (non-hydrogen) atoms. The molecule has 2 aromatic rings. The monoisotopic (exact) mass is 407 g/mol. The van der Waals surface area contributed by atoms with Crippen LogP contribution in [-0.4, -0.2) is 64.4 Å². The Balaban J connectivity index is 1.64. The van der Waals surface area contributed by atoms with Crippen molar-refractivity contribution in [2.75, 3.05) is 20.7 Å². The molecule has 0 unspecified atom stereocenters. The molecular weight excluding hydrogens is 384 g/mol. The number of hydrogen-bond acceptors (Lipinski definition) is 5. The SMILES string of the molecule is CNC(=O)c1cn(C[C@@H]2CC(F)(F)CN2C(=O)CCc2ccc(OC)cc2)nn1. The molecule has 0 saturated carbocycles. The molecule has 2 heterocycles. The van der Waals surface area contributed by atoms with E-state index in [2.05, 4.69) is 15.6 Å². The van der Waals surface area contributed by atoms with Gasteiger partial charge in [-0.2, -0.15) is 0 Å². The van der Waals surface area contributed by atoms with Crippen molar-refractivity contribution in [2.45, 2.75) is 37.8 Å². The van der Waals surface area contributed by atoms with Crippen LogP contribution < -0.4 is 10.1 Å². The largest absolute Gasteiger partial charge is 0.497 e. The quantitative estimate of drug-likeness (QED) is 0.752. The van der Waals surface area contributed by atoms with E-state index in [0.717, 1.165) is 5.56 Å². The number of halogens is 2. The Morgan fingerprint density at radius 1 is 1.31 bits per heavy atom. The van der Waals surface area contributed by atoms with Crippen LogP contribution in [0.25, 0.3) is 0 Å². The number of likely N-dealkylation sites (tertiary alicyclic amines) is 1. The van der Waals surface area contributed by atoms with Crippen molar-refractivity contribution in [3.63, 3.8) is 0 Å². The lowest BCUT2D eigenvalue weighted by Crippen LogP contribution is -2.39. The molecular formula is C19H23F2N5O3. The lowest BCUT2D eigenvalue weighted by molar-refractivity contribution is -0.133. The maximum absolute atomic E-state index is 14.0. The summed E-state index contributed by atoms with van der Waals surface area (Å²) in [6, 6.07) is 6.56. The van der Waals surface area contributed by atoms with Gasteiger partial charge >= 0.3 is 0 Å². The lowest BCUT2D eigenvalue weighted by Gasteiger charge is -2.23. The normalized spacial score (nSPS) is 17.9. The van der Waals surface area contributed by atoms with Crippen LogP contribution in [0.4, 0.5) is 8.78 Å². The molecule has 0 bridgehead atoms. The van der Waals surface area contributed by atoms with Crippen molar-refractivity contribution in [2.24, 2.45) is 0 Å². The second kappa shape index (κ2) is 8.54. The van der Waals surface area contributed by atoms with Crippen LogP contribution in [0.15, 0.2) is 30.5 Å². The summed E-state index contributed by atoms with van der Waals surface area (Å²) < 4.78 is 34.5. The Kier molecular flexibility index (Phi) is 6.09. The lowest BCUT2D eigenvalue weighted by atomic mass is 10.1. The van der Waals surface area contributed by atoms with E-state index in [1.54, 1.807) is 19.2 Å². The summed E-state index contributed by atoms with van der Waals surface area (Å²) in [6.07, 6.45) is 1.51. The number of aromatic nitrogens is 3. The van der Waals surface area contributed by atoms with Crippen LogP contribution in [-0.2, 0) is 17.8 Å². The van der Waals surface area contributed by atoms with Crippen molar-refractivity contribution in [3.05, 3.63) is 41.7 Å². The number of aryl methyl sites for hydroxylation is 1. The molecule has 156 valence electrons. The molecule has 1 N–H and O–H groups in total. The minimum Gasteiger partial charge on any atom is -0.497 e. The zero-order valence-electron chi connectivity index (χ0n) is 16.3. The van der Waals surface area contributed by atoms with Gasteiger partial charge in [-0.25, -0.2) is 13.5 Å². The standard InChI is InChI=1S/C19H23F2N5O3/c1-22-18(28)16-11-25(24-23-16)10-14-9-19(20,21)12-26(14)17(27)8-5-13-3-6-15(29-2)7-4-13/h3-4,6-7,11,14H,5,8-10,12H2,1-2H3,(H,22,28)/t14-/m0/s1. The van der Waals surface area contributed by atoms with Crippen LogP contribution in [0, 0.1) is 0 Å². The Bertz CT molecular complexity index is 869. The van der Waals surface area contributed by atoms with Crippen molar-refractivity contribution in [1.82, 2.24) is 25.2 Å². The second-order valence-corrected chi connectivity index (χ2v) is 6.99. The van der Waals surface area contributed by atoms with Crippen LogP contribution in [0.3, 0.4) is 0 Å². The second-order valence-electron chi connectivity index (χ2n) is 6.99. The van der Waals surface area contributed by atoms with Gasteiger partial charge in [0, 0.05) is 19.9 Å². The summed E-state index contributed by atoms with van der Waals surface area (Å²) in [5.74, 6) is -3.00. The summed E-state index contributed by atoms with van der Waals surface area (Å²) in [5.41, 5.74) is 1.02. The third-order valence-corrected chi connectivity index (χ3v) is 4.88. The highest BCUT2D eigenvalue weighted by Crippen LogP contribution is 2.33. The number of methoxy groups -OCH3 is 1. The predicted molar refractivity (Wildman–Crippen MR) is 99.8 cm³/mol. The van der Waals surface area contributed by atoms with Gasteiger partial charge in [-0.15, -0.1) is 5.10 Å². The van der Waals surface area contributed by atoms with Crippen molar-refractivity contribution in [3.8, 4) is 5.75 Å². The van der Waals surface area contributed by atoms with Gasteiger partial charge in [-0.1, -0.05) is 17.3 Å². The highest BCUT2D eigenvalue weighted by molar-refractivity contribution is 5.91. The molecule has 1 fully saturated rings. The van der Waals surface area contributed by atoms with Crippen LogP contribution in [0.5, 0.6) is 5.75 Å². The number of benzene rings is 1. The zero-order valence-corrected chi connectivity index (χ0v) is 16.3. The Morgan fingerprint density at radius 2 is 2.03 bits per heavy atom. The van der Waals surface area contributed by atoms with Crippen molar-refractivity contribution in [1.29, 1.82) is 0 Å². The fourth-order valence-corrected chi connectivity index (χ4v) is 3.38. The predicted octanol–water partition coefficient (Wildman–Crippen LogP) is 1.52. The number of carbonyl (C=O) groups excluding carboxylic acids is 2. The van der Waals surface area contributed by atoms with Gasteiger partial charge in [0.2, 0.25) is 5.91 Å². The maximum Gasteiger partial charge on any atom is 0.273 e. The van der Waals surface area contributed by atoms with Gasteiger partial charge < -0.3 is 15.0 Å². The highest BCUT2D eigenvalue weighted by atomic mass is 19.3. The van der Waals surface area contributed by atoms with Gasteiger partial charge in [-0.05, 0) is 24.1 Å². The van der Waals surface area contributed by atoms with Crippen LogP contribution in [0.1, 0.15) is 28.9 Å². The molecule has 1 aliphatic rings. The third-order valence-electron chi connectivity index (χ3n) is 4.88. The highest BCUT2D eigenvalue weighted by Gasteiger charge is 2.46. The van der Waals surface area contributed by atoms with Gasteiger partial charge in [0.05, 0.1) is 32.4 Å². The summed E-state index contributed by atoms with van der Waals surface area (Å²) in [6.45, 7) is -0.566. The average molecular weight is 407 g/mol. The molecule has 0 spiro atoms.